The van der Waals surface area contributed by atoms with E-state index in [1.54, 1.807) is 12.1 Å². The number of hydrogen-bond donors (Lipinski definition) is 2. The van der Waals surface area contributed by atoms with Crippen LogP contribution in [-0.4, -0.2) is 23.8 Å². The number of carboxylic acids is 1. The van der Waals surface area contributed by atoms with Gasteiger partial charge < -0.3 is 15.6 Å². The topological polar surface area (TPSA) is 121 Å². The molecule has 18 heavy (non-hydrogen) atoms. The zero-order valence-corrected chi connectivity index (χ0v) is 9.69. The van der Waals surface area contributed by atoms with E-state index in [9.17, 15) is 4.79 Å². The molecule has 1 unspecified atom stereocenters. The van der Waals surface area contributed by atoms with Crippen molar-refractivity contribution >= 4 is 5.97 Å². The molecule has 1 aromatic carbocycles. The molecular formula is C11H14N4O3. The van der Waals surface area contributed by atoms with E-state index in [4.69, 9.17) is 21.1 Å². The minimum absolute atomic E-state index is 0.215. The van der Waals surface area contributed by atoms with E-state index in [0.717, 1.165) is 5.56 Å². The molecule has 0 amide bonds. The smallest absolute Gasteiger partial charge is 0.335 e. The molecule has 1 rings (SSSR count). The summed E-state index contributed by atoms with van der Waals surface area (Å²) < 4.78 is 5.36. The van der Waals surface area contributed by atoms with Crippen molar-refractivity contribution in [1.29, 1.82) is 0 Å². The van der Waals surface area contributed by atoms with Crippen molar-refractivity contribution < 1.29 is 14.6 Å². The lowest BCUT2D eigenvalue weighted by molar-refractivity contribution is 0.0413. The Morgan fingerprint density at radius 3 is 2.67 bits per heavy atom. The number of benzene rings is 1. The summed E-state index contributed by atoms with van der Waals surface area (Å²) in [4.78, 5) is 13.3. The molecule has 1 aromatic rings. The fourth-order valence-electron chi connectivity index (χ4n) is 1.31. The highest BCUT2D eigenvalue weighted by Gasteiger charge is 2.06. The summed E-state index contributed by atoms with van der Waals surface area (Å²) in [6.07, 6.45) is -0.156. The third-order valence-corrected chi connectivity index (χ3v) is 2.24. The summed E-state index contributed by atoms with van der Waals surface area (Å²) in [5.41, 5.74) is 14.7. The van der Waals surface area contributed by atoms with E-state index < -0.39 is 12.2 Å². The van der Waals surface area contributed by atoms with E-state index in [2.05, 4.69) is 10.0 Å². The summed E-state index contributed by atoms with van der Waals surface area (Å²) in [6.45, 7) is 0.602. The molecule has 0 saturated heterocycles. The standard InChI is InChI=1S/C11H14N4O3/c12-6-5-10(14-15-13)18-7-8-1-3-9(4-2-8)11(16)17/h1-4,10H,5-7,12H2,(H,16,17). The Hall–Kier alpha value is -2.08. The highest BCUT2D eigenvalue weighted by Crippen LogP contribution is 2.09. The summed E-state index contributed by atoms with van der Waals surface area (Å²) >= 11 is 0. The monoisotopic (exact) mass is 250 g/mol. The van der Waals surface area contributed by atoms with E-state index in [0.29, 0.717) is 13.0 Å². The molecule has 0 radical (unpaired) electrons. The second kappa shape index (κ2) is 7.29. The van der Waals surface area contributed by atoms with Crippen LogP contribution in [0.1, 0.15) is 22.3 Å². The maximum absolute atomic E-state index is 10.6. The van der Waals surface area contributed by atoms with Crippen molar-refractivity contribution in [2.75, 3.05) is 6.54 Å². The molecule has 0 aliphatic carbocycles. The van der Waals surface area contributed by atoms with Crippen LogP contribution in [0.3, 0.4) is 0 Å². The third kappa shape index (κ3) is 4.42. The number of nitrogens with zero attached hydrogens (tertiary/aromatic N) is 3. The normalized spacial score (nSPS) is 11.6. The van der Waals surface area contributed by atoms with Gasteiger partial charge in [0.25, 0.3) is 0 Å². The van der Waals surface area contributed by atoms with Gasteiger partial charge in [-0.3, -0.25) is 0 Å². The maximum atomic E-state index is 10.6. The minimum Gasteiger partial charge on any atom is -0.478 e. The number of carbonyl (C=O) groups is 1. The van der Waals surface area contributed by atoms with Gasteiger partial charge in [-0.25, -0.2) is 4.79 Å². The molecule has 96 valence electrons. The van der Waals surface area contributed by atoms with Gasteiger partial charge in [-0.15, -0.1) is 0 Å². The van der Waals surface area contributed by atoms with Crippen LogP contribution in [-0.2, 0) is 11.3 Å². The SMILES string of the molecule is [N-]=[N+]=NC(CCN)OCc1ccc(C(=O)O)cc1. The van der Waals surface area contributed by atoms with Gasteiger partial charge in [-0.05, 0) is 36.2 Å². The van der Waals surface area contributed by atoms with Gasteiger partial charge in [-0.2, -0.15) is 0 Å². The van der Waals surface area contributed by atoms with Gasteiger partial charge in [0.1, 0.15) is 6.23 Å². The van der Waals surface area contributed by atoms with Crippen LogP contribution in [0.25, 0.3) is 10.4 Å². The molecule has 1 atom stereocenters. The lowest BCUT2D eigenvalue weighted by Crippen LogP contribution is -2.15. The largest absolute Gasteiger partial charge is 0.478 e. The van der Waals surface area contributed by atoms with Crippen LogP contribution in [0.4, 0.5) is 0 Å². The first-order valence-corrected chi connectivity index (χ1v) is 5.35. The van der Waals surface area contributed by atoms with Gasteiger partial charge in [-0.1, -0.05) is 17.2 Å². The molecule has 0 aromatic heterocycles. The average Bonchev–Trinajstić information content (AvgIpc) is 2.37. The summed E-state index contributed by atoms with van der Waals surface area (Å²) in [6, 6.07) is 6.29. The Kier molecular flexibility index (Phi) is 5.66. The summed E-state index contributed by atoms with van der Waals surface area (Å²) in [5, 5.41) is 12.2. The second-order valence-electron chi connectivity index (χ2n) is 3.55. The second-order valence-corrected chi connectivity index (χ2v) is 3.55. The molecule has 0 aliphatic rings. The molecule has 7 heteroatoms. The molecule has 7 nitrogen and oxygen atoms in total. The first-order chi connectivity index (χ1) is 8.67. The number of carboxylic acid groups (broad SMARTS) is 1. The first kappa shape index (κ1) is 14.0. The van der Waals surface area contributed by atoms with Gasteiger partial charge in [0, 0.05) is 4.91 Å². The zero-order chi connectivity index (χ0) is 13.4. The predicted molar refractivity (Wildman–Crippen MR) is 64.8 cm³/mol. The van der Waals surface area contributed by atoms with Crippen LogP contribution in [0.2, 0.25) is 0 Å². The van der Waals surface area contributed by atoms with E-state index in [1.807, 2.05) is 0 Å². The molecular weight excluding hydrogens is 236 g/mol. The molecule has 0 heterocycles. The summed E-state index contributed by atoms with van der Waals surface area (Å²) in [7, 11) is 0. The Morgan fingerprint density at radius 2 is 2.17 bits per heavy atom. The number of ether oxygens (including phenoxy) is 1. The van der Waals surface area contributed by atoms with Gasteiger partial charge in [0.05, 0.1) is 12.2 Å². The number of rotatable bonds is 7. The highest BCUT2D eigenvalue weighted by atomic mass is 16.5. The van der Waals surface area contributed by atoms with Crippen LogP contribution in [0.15, 0.2) is 29.4 Å². The Labute approximate surface area is 104 Å². The lowest BCUT2D eigenvalue weighted by atomic mass is 10.1. The van der Waals surface area contributed by atoms with E-state index in [1.165, 1.54) is 12.1 Å². The number of aromatic carboxylic acids is 1. The Bertz CT molecular complexity index is 440. The maximum Gasteiger partial charge on any atom is 0.335 e. The highest BCUT2D eigenvalue weighted by molar-refractivity contribution is 5.87. The molecule has 3 N–H and O–H groups in total. The van der Waals surface area contributed by atoms with Crippen LogP contribution in [0.5, 0.6) is 0 Å². The quantitative estimate of drug-likeness (QED) is 0.435. The van der Waals surface area contributed by atoms with Crippen molar-refractivity contribution in [2.24, 2.45) is 10.8 Å². The zero-order valence-electron chi connectivity index (χ0n) is 9.69. The summed E-state index contributed by atoms with van der Waals surface area (Å²) in [5.74, 6) is -0.974. The number of nitrogens with two attached hydrogens (primary N) is 1. The Morgan fingerprint density at radius 1 is 1.50 bits per heavy atom. The Balaban J connectivity index is 2.56. The van der Waals surface area contributed by atoms with Crippen molar-refractivity contribution in [1.82, 2.24) is 0 Å². The van der Waals surface area contributed by atoms with Crippen molar-refractivity contribution in [3.05, 3.63) is 45.8 Å². The molecule has 0 saturated carbocycles. The molecule has 0 bridgehead atoms. The van der Waals surface area contributed by atoms with Crippen molar-refractivity contribution in [2.45, 2.75) is 19.3 Å². The number of hydrogen-bond acceptors (Lipinski definition) is 4. The third-order valence-electron chi connectivity index (χ3n) is 2.24. The van der Waals surface area contributed by atoms with Crippen molar-refractivity contribution in [3.8, 4) is 0 Å². The minimum atomic E-state index is -0.974. The molecule has 0 spiro atoms. The van der Waals surface area contributed by atoms with E-state index in [-0.39, 0.29) is 12.2 Å². The molecule has 0 fully saturated rings. The van der Waals surface area contributed by atoms with Crippen LogP contribution >= 0.6 is 0 Å². The predicted octanol–water partition coefficient (Wildman–Crippen LogP) is 1.89. The fourth-order valence-corrected chi connectivity index (χ4v) is 1.31. The molecule has 0 aliphatic heterocycles. The van der Waals surface area contributed by atoms with Crippen molar-refractivity contribution in [3.63, 3.8) is 0 Å². The van der Waals surface area contributed by atoms with Crippen LogP contribution < -0.4 is 5.73 Å². The first-order valence-electron chi connectivity index (χ1n) is 5.35. The average molecular weight is 250 g/mol. The van der Waals surface area contributed by atoms with Crippen LogP contribution in [0, 0.1) is 0 Å². The lowest BCUT2D eigenvalue weighted by Gasteiger charge is -2.11. The number of azide groups is 1. The fraction of sp³-hybridized carbons (Fsp3) is 0.364. The van der Waals surface area contributed by atoms with Gasteiger partial charge in [0.15, 0.2) is 0 Å². The van der Waals surface area contributed by atoms with Gasteiger partial charge >= 0.3 is 5.97 Å². The van der Waals surface area contributed by atoms with Gasteiger partial charge in [0.2, 0.25) is 0 Å². The van der Waals surface area contributed by atoms with E-state index >= 15 is 0 Å².